The highest BCUT2D eigenvalue weighted by Gasteiger charge is 2.29. The van der Waals surface area contributed by atoms with Crippen LogP contribution in [-0.2, 0) is 4.74 Å². The molecule has 5 rings (SSSR count). The fourth-order valence-electron chi connectivity index (χ4n) is 5.07. The number of rotatable bonds is 8. The summed E-state index contributed by atoms with van der Waals surface area (Å²) in [5.74, 6) is -0.0383. The number of aliphatic hydroxyl groups is 2. The summed E-state index contributed by atoms with van der Waals surface area (Å²) in [7, 11) is 0. The van der Waals surface area contributed by atoms with Gasteiger partial charge >= 0.3 is 6.09 Å². The molecule has 2 unspecified atom stereocenters. The van der Waals surface area contributed by atoms with E-state index < -0.39 is 18.3 Å². The van der Waals surface area contributed by atoms with Gasteiger partial charge in [-0.15, -0.1) is 0 Å². The van der Waals surface area contributed by atoms with E-state index in [0.717, 1.165) is 27.6 Å². The van der Waals surface area contributed by atoms with Gasteiger partial charge in [-0.1, -0.05) is 84.9 Å². The predicted octanol–water partition coefficient (Wildman–Crippen LogP) is 4.98. The molecule has 1 amide bonds. The van der Waals surface area contributed by atoms with Crippen LogP contribution in [0.15, 0.2) is 84.9 Å². The Kier molecular flexibility index (Phi) is 6.80. The van der Waals surface area contributed by atoms with Gasteiger partial charge in [0.25, 0.3) is 0 Å². The van der Waals surface area contributed by atoms with Crippen LogP contribution in [-0.4, -0.2) is 41.8 Å². The van der Waals surface area contributed by atoms with Crippen molar-refractivity contribution in [2.75, 3.05) is 13.2 Å². The molecule has 0 heterocycles. The molecule has 0 fully saturated rings. The predicted molar refractivity (Wildman–Crippen MR) is 138 cm³/mol. The Bertz CT molecular complexity index is 1370. The van der Waals surface area contributed by atoms with Gasteiger partial charge in [0.2, 0.25) is 0 Å². The van der Waals surface area contributed by atoms with Crippen molar-refractivity contribution in [3.05, 3.63) is 107 Å². The van der Waals surface area contributed by atoms with Crippen LogP contribution in [0.5, 0.6) is 0 Å². The fraction of sp³-hybridized carbons (Fsp3) is 0.200. The van der Waals surface area contributed by atoms with E-state index in [9.17, 15) is 19.8 Å². The van der Waals surface area contributed by atoms with E-state index in [1.54, 1.807) is 12.1 Å². The van der Waals surface area contributed by atoms with Crippen molar-refractivity contribution in [2.24, 2.45) is 0 Å². The molecule has 3 N–H and O–H groups in total. The van der Waals surface area contributed by atoms with Crippen LogP contribution in [0.4, 0.5) is 4.79 Å². The standard InChI is InChI=1S/C30H27NO5/c32-17-20-14-13-19-7-1-2-8-21(19)28(20)29(34)27(33)15-16-31-30(35)36-18-26-24-11-5-3-9-22(24)23-10-4-6-12-25(23)26/h1-14,17,26-27,29,33-34H,15-16,18H2,(H,31,35). The van der Waals surface area contributed by atoms with Crippen LogP contribution < -0.4 is 5.32 Å². The second kappa shape index (κ2) is 10.3. The molecule has 6 nitrogen and oxygen atoms in total. The Labute approximate surface area is 209 Å². The van der Waals surface area contributed by atoms with Gasteiger partial charge in [0.15, 0.2) is 0 Å². The minimum absolute atomic E-state index is 0.0383. The van der Waals surface area contributed by atoms with Gasteiger partial charge in [-0.2, -0.15) is 0 Å². The smallest absolute Gasteiger partial charge is 0.407 e. The Morgan fingerprint density at radius 2 is 1.53 bits per heavy atom. The lowest BCUT2D eigenvalue weighted by molar-refractivity contribution is 0.0142. The normalized spacial score (nSPS) is 14.1. The molecule has 1 aliphatic rings. The molecule has 0 saturated heterocycles. The van der Waals surface area contributed by atoms with Crippen molar-refractivity contribution >= 4 is 23.2 Å². The van der Waals surface area contributed by atoms with Gasteiger partial charge in [0, 0.05) is 23.6 Å². The molecule has 0 saturated carbocycles. The molecule has 1 aliphatic carbocycles. The maximum atomic E-state index is 12.4. The Morgan fingerprint density at radius 3 is 2.22 bits per heavy atom. The van der Waals surface area contributed by atoms with E-state index >= 15 is 0 Å². The number of nitrogens with one attached hydrogen (secondary N) is 1. The maximum Gasteiger partial charge on any atom is 0.407 e. The highest BCUT2D eigenvalue weighted by atomic mass is 16.5. The summed E-state index contributed by atoms with van der Waals surface area (Å²) >= 11 is 0. The summed E-state index contributed by atoms with van der Waals surface area (Å²) in [6.07, 6.45) is -2.28. The highest BCUT2D eigenvalue weighted by Crippen LogP contribution is 2.44. The first-order chi connectivity index (χ1) is 17.6. The molecular formula is C30H27NO5. The minimum atomic E-state index is -1.28. The summed E-state index contributed by atoms with van der Waals surface area (Å²) in [6.45, 7) is 0.305. The number of benzene rings is 4. The van der Waals surface area contributed by atoms with E-state index in [0.29, 0.717) is 22.8 Å². The van der Waals surface area contributed by atoms with Gasteiger partial charge in [0.05, 0.1) is 6.10 Å². The molecule has 4 aromatic carbocycles. The van der Waals surface area contributed by atoms with Crippen LogP contribution in [0, 0.1) is 0 Å². The number of aliphatic hydroxyl groups excluding tert-OH is 2. The zero-order valence-corrected chi connectivity index (χ0v) is 19.6. The lowest BCUT2D eigenvalue weighted by atomic mass is 9.92. The lowest BCUT2D eigenvalue weighted by Crippen LogP contribution is -2.31. The number of aldehydes is 1. The second-order valence-corrected chi connectivity index (χ2v) is 8.96. The van der Waals surface area contributed by atoms with E-state index in [2.05, 4.69) is 29.6 Å². The summed E-state index contributed by atoms with van der Waals surface area (Å²) < 4.78 is 5.52. The van der Waals surface area contributed by atoms with Crippen molar-refractivity contribution in [3.8, 4) is 11.1 Å². The van der Waals surface area contributed by atoms with Gasteiger partial charge in [-0.25, -0.2) is 4.79 Å². The molecule has 36 heavy (non-hydrogen) atoms. The first-order valence-electron chi connectivity index (χ1n) is 12.0. The van der Waals surface area contributed by atoms with E-state index in [4.69, 9.17) is 4.74 Å². The van der Waals surface area contributed by atoms with Crippen molar-refractivity contribution < 1.29 is 24.5 Å². The van der Waals surface area contributed by atoms with Crippen LogP contribution in [0.1, 0.15) is 45.5 Å². The number of alkyl carbamates (subject to hydrolysis) is 1. The van der Waals surface area contributed by atoms with Crippen LogP contribution in [0.2, 0.25) is 0 Å². The monoisotopic (exact) mass is 481 g/mol. The summed E-state index contributed by atoms with van der Waals surface area (Å²) in [6, 6.07) is 27.0. The largest absolute Gasteiger partial charge is 0.449 e. The quantitative estimate of drug-likeness (QED) is 0.309. The summed E-state index contributed by atoms with van der Waals surface area (Å²) in [5, 5.41) is 25.7. The highest BCUT2D eigenvalue weighted by molar-refractivity contribution is 5.93. The first-order valence-corrected chi connectivity index (χ1v) is 12.0. The zero-order chi connectivity index (χ0) is 25.1. The van der Waals surface area contributed by atoms with Crippen molar-refractivity contribution in [1.29, 1.82) is 0 Å². The van der Waals surface area contributed by atoms with Crippen molar-refractivity contribution in [2.45, 2.75) is 24.5 Å². The molecule has 4 aromatic rings. The maximum absolute atomic E-state index is 12.4. The molecule has 0 spiro atoms. The Balaban J connectivity index is 1.18. The van der Waals surface area contributed by atoms with Gasteiger partial charge in [-0.3, -0.25) is 4.79 Å². The van der Waals surface area contributed by atoms with Crippen LogP contribution in [0.3, 0.4) is 0 Å². The second-order valence-electron chi connectivity index (χ2n) is 8.96. The topological polar surface area (TPSA) is 95.9 Å². The minimum Gasteiger partial charge on any atom is -0.449 e. The number of carbonyl (C=O) groups is 2. The Hall–Kier alpha value is -4.00. The number of amides is 1. The molecular weight excluding hydrogens is 454 g/mol. The van der Waals surface area contributed by atoms with Crippen LogP contribution >= 0.6 is 0 Å². The lowest BCUT2D eigenvalue weighted by Gasteiger charge is -2.21. The molecule has 0 radical (unpaired) electrons. The first kappa shape index (κ1) is 23.7. The molecule has 2 atom stereocenters. The third-order valence-corrected chi connectivity index (χ3v) is 6.84. The molecule has 0 aromatic heterocycles. The molecule has 0 aliphatic heterocycles. The zero-order valence-electron chi connectivity index (χ0n) is 19.6. The van der Waals surface area contributed by atoms with Crippen molar-refractivity contribution in [1.82, 2.24) is 5.32 Å². The number of fused-ring (bicyclic) bond motifs is 4. The van der Waals surface area contributed by atoms with Gasteiger partial charge in [-0.05, 0) is 39.4 Å². The number of hydrogen-bond acceptors (Lipinski definition) is 5. The van der Waals surface area contributed by atoms with Crippen molar-refractivity contribution in [3.63, 3.8) is 0 Å². The third kappa shape index (κ3) is 4.49. The summed E-state index contributed by atoms with van der Waals surface area (Å²) in [5.41, 5.74) is 5.28. The average molecular weight is 482 g/mol. The van der Waals surface area contributed by atoms with Gasteiger partial charge in [0.1, 0.15) is 19.0 Å². The SMILES string of the molecule is O=Cc1ccc2ccccc2c1C(O)C(O)CCNC(=O)OCC1c2ccccc2-c2ccccc21. The number of hydrogen-bond donors (Lipinski definition) is 3. The van der Waals surface area contributed by atoms with Crippen LogP contribution in [0.25, 0.3) is 21.9 Å². The molecule has 182 valence electrons. The molecule has 0 bridgehead atoms. The fourth-order valence-corrected chi connectivity index (χ4v) is 5.07. The van der Waals surface area contributed by atoms with E-state index in [1.807, 2.05) is 48.5 Å². The number of carbonyl (C=O) groups excluding carboxylic acids is 2. The third-order valence-electron chi connectivity index (χ3n) is 6.84. The Morgan fingerprint density at radius 1 is 0.889 bits per heavy atom. The average Bonchev–Trinajstić information content (AvgIpc) is 3.24. The van der Waals surface area contributed by atoms with E-state index in [-0.39, 0.29) is 25.5 Å². The summed E-state index contributed by atoms with van der Waals surface area (Å²) in [4.78, 5) is 24.0. The number of ether oxygens (including phenoxy) is 1. The van der Waals surface area contributed by atoms with Gasteiger partial charge < -0.3 is 20.3 Å². The molecule has 6 heteroatoms. The van der Waals surface area contributed by atoms with E-state index in [1.165, 1.54) is 0 Å².